The smallest absolute Gasteiger partial charge is 0 e. The van der Waals surface area contributed by atoms with Crippen LogP contribution in [0.4, 0.5) is 0 Å². The van der Waals surface area contributed by atoms with Crippen molar-refractivity contribution in [3.63, 3.8) is 0 Å². The SMILES string of the molecule is CCCCCCCCOP(=O)(O)OCCCCCCCC.CCCCCCCCOP(=O)(O)OCCCCCCCC.O=CC(=O)O.[O]=[Ti]([OH])[OH].[Ti]. The molecule has 0 radical (unpaired) electrons. The third-order valence-corrected chi connectivity index (χ3v) is 9.15. The Bertz CT molecular complexity index is 757. The van der Waals surface area contributed by atoms with E-state index in [0.29, 0.717) is 26.4 Å². The molecule has 0 amide bonds. The van der Waals surface area contributed by atoms with Crippen LogP contribution in [0.15, 0.2) is 0 Å². The molecule has 0 unspecified atom stereocenters. The van der Waals surface area contributed by atoms with E-state index in [-0.39, 0.29) is 28.0 Å². The van der Waals surface area contributed by atoms with Crippen LogP contribution in [0.2, 0.25) is 0 Å². The van der Waals surface area contributed by atoms with Crippen molar-refractivity contribution in [1.29, 1.82) is 0 Å². The quantitative estimate of drug-likeness (QED) is 0.0136. The summed E-state index contributed by atoms with van der Waals surface area (Å²) in [6, 6.07) is 0. The van der Waals surface area contributed by atoms with Crippen molar-refractivity contribution in [3.05, 3.63) is 0 Å². The summed E-state index contributed by atoms with van der Waals surface area (Å²) in [4.78, 5) is 36.9. The van der Waals surface area contributed by atoms with E-state index in [0.717, 1.165) is 51.4 Å². The molecule has 0 spiro atoms. The van der Waals surface area contributed by atoms with E-state index in [1.165, 1.54) is 103 Å². The molecule has 18 heteroatoms. The average molecular weight is 865 g/mol. The van der Waals surface area contributed by atoms with Gasteiger partial charge in [-0.05, 0) is 25.7 Å². The van der Waals surface area contributed by atoms with E-state index in [9.17, 15) is 18.9 Å². The molecule has 0 bridgehead atoms. The van der Waals surface area contributed by atoms with E-state index >= 15 is 0 Å². The molecule has 0 saturated carbocycles. The van der Waals surface area contributed by atoms with E-state index in [1.54, 1.807) is 0 Å². The number of phosphoric acid groups is 2. The maximum Gasteiger partial charge on any atom is 0 e. The fraction of sp³-hybridized carbons (Fsp3) is 0.941. The fourth-order valence-electron chi connectivity index (χ4n) is 4.32. The van der Waals surface area contributed by atoms with Crippen molar-refractivity contribution in [2.75, 3.05) is 26.4 Å². The summed E-state index contributed by atoms with van der Waals surface area (Å²) in [7, 11) is -7.63. The van der Waals surface area contributed by atoms with Crippen LogP contribution in [-0.2, 0) is 80.5 Å². The molecule has 0 aromatic carbocycles. The van der Waals surface area contributed by atoms with Crippen molar-refractivity contribution in [2.24, 2.45) is 0 Å². The van der Waals surface area contributed by atoms with Gasteiger partial charge in [0.15, 0.2) is 0 Å². The van der Waals surface area contributed by atoms with Gasteiger partial charge in [0.1, 0.15) is 0 Å². The number of carbonyl (C=O) groups excluding carboxylic acids is 1. The van der Waals surface area contributed by atoms with Crippen LogP contribution >= 0.6 is 15.6 Å². The number of carboxylic acids is 1. The first kappa shape index (κ1) is 61.7. The van der Waals surface area contributed by atoms with E-state index in [4.69, 9.17) is 43.5 Å². The Hall–Kier alpha value is 0.509. The number of hydrogen-bond acceptors (Lipinski definition) is 9. The number of aliphatic carboxylic acids is 1. The summed E-state index contributed by atoms with van der Waals surface area (Å²) in [6.07, 6.45) is 27.0. The maximum absolute atomic E-state index is 11.6. The number of carbonyl (C=O) groups is 2. The molecule has 14 nitrogen and oxygen atoms in total. The third kappa shape index (κ3) is 68.5. The molecule has 0 heterocycles. The van der Waals surface area contributed by atoms with Gasteiger partial charge >= 0.3 is 50.9 Å². The predicted molar refractivity (Wildman–Crippen MR) is 196 cm³/mol. The molecular weight excluding hydrogens is 790 g/mol. The van der Waals surface area contributed by atoms with Crippen molar-refractivity contribution in [1.82, 2.24) is 0 Å². The van der Waals surface area contributed by atoms with Crippen LogP contribution in [-0.4, -0.2) is 61.0 Å². The molecule has 0 aromatic rings. The monoisotopic (exact) mass is 864 g/mol. The Morgan fingerprint density at radius 2 is 0.654 bits per heavy atom. The predicted octanol–water partition coefficient (Wildman–Crippen LogP) is 9.71. The second kappa shape index (κ2) is 49.5. The first-order valence-electron chi connectivity index (χ1n) is 19.1. The molecule has 0 aromatic heterocycles. The molecule has 0 atom stereocenters. The van der Waals surface area contributed by atoms with Crippen LogP contribution in [0.1, 0.15) is 182 Å². The number of carboxylic acid groups (broad SMARTS) is 1. The van der Waals surface area contributed by atoms with Crippen molar-refractivity contribution < 1.29 is 103 Å². The Balaban J connectivity index is -0.000000225. The van der Waals surface area contributed by atoms with Crippen molar-refractivity contribution in [2.45, 2.75) is 182 Å². The minimum Gasteiger partial charge on any atom is 0 e. The fourth-order valence-corrected chi connectivity index (χ4v) is 5.91. The van der Waals surface area contributed by atoms with Crippen molar-refractivity contribution in [3.8, 4) is 0 Å². The van der Waals surface area contributed by atoms with Crippen molar-refractivity contribution >= 4 is 27.9 Å². The Kier molecular flexibility index (Phi) is 58.8. The summed E-state index contributed by atoms with van der Waals surface area (Å²) in [6.45, 7) is 10.0. The van der Waals surface area contributed by atoms with E-state index < -0.39 is 40.2 Å². The Morgan fingerprint density at radius 1 is 0.500 bits per heavy atom. The minimum absolute atomic E-state index is 0. The van der Waals surface area contributed by atoms with Gasteiger partial charge in [-0.2, -0.15) is 0 Å². The topological polar surface area (TPSA) is 223 Å². The summed E-state index contributed by atoms with van der Waals surface area (Å²) < 4.78 is 66.3. The van der Waals surface area contributed by atoms with E-state index in [2.05, 4.69) is 27.7 Å². The normalized spacial score (nSPS) is 10.8. The van der Waals surface area contributed by atoms with E-state index in [1.807, 2.05) is 0 Å². The summed E-state index contributed by atoms with van der Waals surface area (Å²) >= 11 is -3.58. The van der Waals surface area contributed by atoms with Crippen LogP contribution in [0.25, 0.3) is 0 Å². The molecule has 5 N–H and O–H groups in total. The Labute approximate surface area is 337 Å². The molecule has 0 aliphatic heterocycles. The summed E-state index contributed by atoms with van der Waals surface area (Å²) in [5.74, 6) is -1.43. The zero-order valence-corrected chi connectivity index (χ0v) is 37.6. The third-order valence-electron chi connectivity index (χ3n) is 7.11. The maximum atomic E-state index is 11.6. The van der Waals surface area contributed by atoms with Gasteiger partial charge in [0, 0.05) is 21.7 Å². The first-order valence-corrected chi connectivity index (χ1v) is 24.1. The molecule has 0 fully saturated rings. The first-order chi connectivity index (χ1) is 24.2. The molecule has 0 aliphatic rings. The van der Waals surface area contributed by atoms with Crippen LogP contribution in [0, 0.1) is 0 Å². The van der Waals surface area contributed by atoms with Gasteiger partial charge in [-0.3, -0.25) is 22.9 Å². The van der Waals surface area contributed by atoms with Gasteiger partial charge in [0.05, 0.1) is 26.4 Å². The van der Waals surface area contributed by atoms with Gasteiger partial charge < -0.3 is 14.9 Å². The molecule has 0 rings (SSSR count). The number of aldehydes is 1. The Morgan fingerprint density at radius 3 is 0.808 bits per heavy atom. The second-order valence-corrected chi connectivity index (χ2v) is 15.9. The van der Waals surface area contributed by atoms with Gasteiger partial charge in [0.25, 0.3) is 0 Å². The molecule has 52 heavy (non-hydrogen) atoms. The molecular formula is C34H74O14P2Ti2. The van der Waals surface area contributed by atoms with Gasteiger partial charge in [0.2, 0.25) is 6.29 Å². The van der Waals surface area contributed by atoms with Crippen LogP contribution in [0.3, 0.4) is 0 Å². The largest absolute Gasteiger partial charge is 0 e. The minimum atomic E-state index is -3.82. The second-order valence-electron chi connectivity index (χ2n) is 12.1. The number of rotatable bonds is 33. The average Bonchev–Trinajstić information content (AvgIpc) is 3.07. The van der Waals surface area contributed by atoms with Gasteiger partial charge in [-0.15, -0.1) is 0 Å². The summed E-state index contributed by atoms with van der Waals surface area (Å²) in [5.41, 5.74) is 0. The summed E-state index contributed by atoms with van der Waals surface area (Å²) in [5, 5.41) is 7.35. The standard InChI is InChI=1S/2C16H35O4P.C2H2O3.2H2O.O.2Ti/c2*1-3-5-7-9-11-13-15-19-21(17,18)20-16-14-12-10-8-6-4-2;3-1-2(4)5;;;;;/h2*3-16H2,1-2H3,(H,17,18);1H,(H,4,5);2*1H2;;;/q;;;;;;;+2/p-2. The van der Waals surface area contributed by atoms with Crippen LogP contribution < -0.4 is 0 Å². The zero-order valence-electron chi connectivity index (χ0n) is 32.7. The van der Waals surface area contributed by atoms with Gasteiger partial charge in [-0.1, -0.05) is 156 Å². The number of phosphoric ester groups is 2. The number of unbranched alkanes of at least 4 members (excludes halogenated alkanes) is 20. The zero-order chi connectivity index (χ0) is 39.5. The molecule has 0 aliphatic carbocycles. The molecule has 0 saturated heterocycles. The number of hydrogen-bond donors (Lipinski definition) is 5. The molecule has 312 valence electrons. The van der Waals surface area contributed by atoms with Gasteiger partial charge in [-0.25, -0.2) is 13.9 Å². The van der Waals surface area contributed by atoms with Crippen LogP contribution in [0.5, 0.6) is 0 Å².